The number of rotatable bonds is 5. The van der Waals surface area contributed by atoms with Crippen LogP contribution in [0, 0.1) is 17.8 Å². The van der Waals surface area contributed by atoms with Gasteiger partial charge in [-0.15, -0.1) is 0 Å². The van der Waals surface area contributed by atoms with E-state index < -0.39 is 35.6 Å². The highest BCUT2D eigenvalue weighted by Crippen LogP contribution is 2.54. The zero-order valence-corrected chi connectivity index (χ0v) is 19.6. The Balaban J connectivity index is 1.89. The van der Waals surface area contributed by atoms with Crippen LogP contribution in [0.25, 0.3) is 0 Å². The lowest BCUT2D eigenvalue weighted by molar-refractivity contribution is -0.153. The van der Waals surface area contributed by atoms with Gasteiger partial charge in [0.1, 0.15) is 11.6 Å². The SMILES string of the molecule is CC[C@H](C)[C@H](CO)N1C(=O)[C@@H]2[C@H]3C(=O)N(C)CC=C[C@H]3O[C@@]23C=CCN(C(C)C)C(=O)C13. The zero-order valence-electron chi connectivity index (χ0n) is 19.6. The monoisotopic (exact) mass is 445 g/mol. The van der Waals surface area contributed by atoms with Crippen molar-refractivity contribution in [3.63, 3.8) is 0 Å². The van der Waals surface area contributed by atoms with Gasteiger partial charge in [-0.05, 0) is 19.8 Å². The molecule has 7 atom stereocenters. The van der Waals surface area contributed by atoms with E-state index in [-0.39, 0.29) is 36.3 Å². The molecule has 0 aromatic heterocycles. The maximum atomic E-state index is 14.1. The predicted molar refractivity (Wildman–Crippen MR) is 118 cm³/mol. The van der Waals surface area contributed by atoms with Gasteiger partial charge < -0.3 is 24.5 Å². The van der Waals surface area contributed by atoms with Crippen LogP contribution in [0.5, 0.6) is 0 Å². The fraction of sp³-hybridized carbons (Fsp3) is 0.708. The Kier molecular flexibility index (Phi) is 5.96. The van der Waals surface area contributed by atoms with Crippen molar-refractivity contribution >= 4 is 17.7 Å². The summed E-state index contributed by atoms with van der Waals surface area (Å²) in [7, 11) is 1.72. The fourth-order valence-corrected chi connectivity index (χ4v) is 5.86. The van der Waals surface area contributed by atoms with E-state index in [1.54, 1.807) is 21.7 Å². The summed E-state index contributed by atoms with van der Waals surface area (Å²) in [4.78, 5) is 46.2. The van der Waals surface area contributed by atoms with Crippen LogP contribution in [0.15, 0.2) is 24.3 Å². The van der Waals surface area contributed by atoms with E-state index in [0.717, 1.165) is 6.42 Å². The van der Waals surface area contributed by atoms with Crippen molar-refractivity contribution in [2.45, 2.75) is 63.9 Å². The van der Waals surface area contributed by atoms with E-state index in [9.17, 15) is 19.5 Å². The molecule has 8 nitrogen and oxygen atoms in total. The first kappa shape index (κ1) is 23.0. The number of ether oxygens (including phenoxy) is 1. The molecule has 32 heavy (non-hydrogen) atoms. The maximum absolute atomic E-state index is 14.1. The van der Waals surface area contributed by atoms with Gasteiger partial charge in [0.2, 0.25) is 17.7 Å². The first-order valence-corrected chi connectivity index (χ1v) is 11.7. The highest BCUT2D eigenvalue weighted by atomic mass is 16.5. The molecule has 3 amide bonds. The molecular weight excluding hydrogens is 410 g/mol. The number of likely N-dealkylation sites (N-methyl/N-ethyl adjacent to an activating group) is 1. The molecule has 1 N–H and O–H groups in total. The van der Waals surface area contributed by atoms with Crippen molar-refractivity contribution < 1.29 is 24.2 Å². The van der Waals surface area contributed by atoms with Crippen LogP contribution in [0.3, 0.4) is 0 Å². The second kappa shape index (κ2) is 8.30. The zero-order chi connectivity index (χ0) is 23.4. The summed E-state index contributed by atoms with van der Waals surface area (Å²) in [5.74, 6) is -2.13. The standard InChI is InChI=1S/C24H35N3O5/c1-6-15(4)16(13-28)27-20-23(31)26(14(2)3)12-8-10-24(20)19(22(27)30)18-17(32-24)9-7-11-25(5)21(18)29/h7-10,14-20,28H,6,11-13H2,1-5H3/t15-,16-,17+,18-,19-,20?,24-/m0/s1. The van der Waals surface area contributed by atoms with E-state index in [1.807, 2.05) is 52.0 Å². The summed E-state index contributed by atoms with van der Waals surface area (Å²) >= 11 is 0. The molecule has 0 bridgehead atoms. The van der Waals surface area contributed by atoms with E-state index in [4.69, 9.17) is 4.74 Å². The van der Waals surface area contributed by atoms with Gasteiger partial charge in [0.05, 0.1) is 30.6 Å². The summed E-state index contributed by atoms with van der Waals surface area (Å²) in [6.45, 7) is 8.49. The molecule has 4 aliphatic rings. The predicted octanol–water partition coefficient (Wildman–Crippen LogP) is 0.809. The molecule has 1 unspecified atom stereocenters. The van der Waals surface area contributed by atoms with Crippen LogP contribution in [0.4, 0.5) is 0 Å². The molecule has 2 saturated heterocycles. The van der Waals surface area contributed by atoms with Crippen molar-refractivity contribution in [1.29, 1.82) is 0 Å². The van der Waals surface area contributed by atoms with Gasteiger partial charge >= 0.3 is 0 Å². The van der Waals surface area contributed by atoms with Crippen LogP contribution >= 0.6 is 0 Å². The van der Waals surface area contributed by atoms with Crippen molar-refractivity contribution in [1.82, 2.24) is 14.7 Å². The smallest absolute Gasteiger partial charge is 0.249 e. The molecule has 4 rings (SSSR count). The topological polar surface area (TPSA) is 90.4 Å². The molecular formula is C24H35N3O5. The summed E-state index contributed by atoms with van der Waals surface area (Å²) in [5.41, 5.74) is -1.23. The average molecular weight is 446 g/mol. The van der Waals surface area contributed by atoms with Gasteiger partial charge in [0.15, 0.2) is 0 Å². The summed E-state index contributed by atoms with van der Waals surface area (Å²) in [5, 5.41) is 10.3. The van der Waals surface area contributed by atoms with Crippen molar-refractivity contribution in [2.24, 2.45) is 17.8 Å². The van der Waals surface area contributed by atoms with Crippen molar-refractivity contribution in [2.75, 3.05) is 26.7 Å². The van der Waals surface area contributed by atoms with E-state index in [2.05, 4.69) is 0 Å². The molecule has 0 aromatic rings. The van der Waals surface area contributed by atoms with Crippen LogP contribution in [0.1, 0.15) is 34.1 Å². The highest BCUT2D eigenvalue weighted by molar-refractivity contribution is 6.00. The normalized spacial score (nSPS) is 36.2. The number of amides is 3. The number of hydrogen-bond acceptors (Lipinski definition) is 5. The number of carbonyl (C=O) groups excluding carboxylic acids is 3. The minimum atomic E-state index is -1.23. The molecule has 8 heteroatoms. The minimum Gasteiger partial charge on any atom is -0.394 e. The molecule has 0 aliphatic carbocycles. The third kappa shape index (κ3) is 3.14. The Hall–Kier alpha value is -2.19. The number of fused-ring (bicyclic) bond motifs is 2. The number of likely N-dealkylation sites (tertiary alicyclic amines) is 1. The molecule has 0 saturated carbocycles. The molecule has 176 valence electrons. The quantitative estimate of drug-likeness (QED) is 0.633. The Morgan fingerprint density at radius 2 is 1.84 bits per heavy atom. The first-order valence-electron chi connectivity index (χ1n) is 11.7. The lowest BCUT2D eigenvalue weighted by Gasteiger charge is -2.41. The van der Waals surface area contributed by atoms with Gasteiger partial charge in [-0.1, -0.05) is 44.6 Å². The van der Waals surface area contributed by atoms with Gasteiger partial charge in [0, 0.05) is 26.2 Å². The number of hydrogen-bond donors (Lipinski definition) is 1. The average Bonchev–Trinajstić information content (AvgIpc) is 3.08. The van der Waals surface area contributed by atoms with Crippen LogP contribution in [-0.4, -0.2) is 94.1 Å². The Labute approximate surface area is 189 Å². The van der Waals surface area contributed by atoms with Gasteiger partial charge in [-0.25, -0.2) is 0 Å². The highest BCUT2D eigenvalue weighted by Gasteiger charge is 2.72. The number of aliphatic hydroxyl groups excluding tert-OH is 1. The second-order valence-corrected chi connectivity index (χ2v) is 9.86. The fourth-order valence-electron chi connectivity index (χ4n) is 5.86. The largest absolute Gasteiger partial charge is 0.394 e. The lowest BCUT2D eigenvalue weighted by Crippen LogP contribution is -2.60. The lowest BCUT2D eigenvalue weighted by atomic mass is 9.77. The molecule has 1 spiro atoms. The van der Waals surface area contributed by atoms with Gasteiger partial charge in [-0.2, -0.15) is 0 Å². The Bertz CT molecular complexity index is 855. The number of aliphatic hydroxyl groups is 1. The Morgan fingerprint density at radius 3 is 2.47 bits per heavy atom. The van der Waals surface area contributed by atoms with E-state index in [0.29, 0.717) is 13.1 Å². The first-order chi connectivity index (χ1) is 15.2. The second-order valence-electron chi connectivity index (χ2n) is 9.86. The minimum absolute atomic E-state index is 0.0180. The number of carbonyl (C=O) groups is 3. The third-order valence-corrected chi connectivity index (χ3v) is 7.80. The molecule has 4 heterocycles. The summed E-state index contributed by atoms with van der Waals surface area (Å²) in [6.07, 6.45) is 7.66. The van der Waals surface area contributed by atoms with Gasteiger partial charge in [0.25, 0.3) is 0 Å². The van der Waals surface area contributed by atoms with Crippen LogP contribution in [0.2, 0.25) is 0 Å². The van der Waals surface area contributed by atoms with Crippen molar-refractivity contribution in [3.8, 4) is 0 Å². The third-order valence-electron chi connectivity index (χ3n) is 7.80. The van der Waals surface area contributed by atoms with Crippen LogP contribution < -0.4 is 0 Å². The number of nitrogens with zero attached hydrogens (tertiary/aromatic N) is 3. The molecule has 2 fully saturated rings. The maximum Gasteiger partial charge on any atom is 0.249 e. The van der Waals surface area contributed by atoms with Gasteiger partial charge in [-0.3, -0.25) is 14.4 Å². The van der Waals surface area contributed by atoms with Crippen LogP contribution in [-0.2, 0) is 19.1 Å². The van der Waals surface area contributed by atoms with E-state index in [1.165, 1.54) is 0 Å². The Morgan fingerprint density at radius 1 is 1.12 bits per heavy atom. The summed E-state index contributed by atoms with van der Waals surface area (Å²) < 4.78 is 6.55. The molecule has 4 aliphatic heterocycles. The molecule has 0 radical (unpaired) electrons. The summed E-state index contributed by atoms with van der Waals surface area (Å²) in [6, 6.07) is -1.50. The molecule has 0 aromatic carbocycles. The van der Waals surface area contributed by atoms with Crippen molar-refractivity contribution in [3.05, 3.63) is 24.3 Å². The van der Waals surface area contributed by atoms with E-state index >= 15 is 0 Å².